The van der Waals surface area contributed by atoms with Crippen molar-refractivity contribution in [2.24, 2.45) is 0 Å². The van der Waals surface area contributed by atoms with Gasteiger partial charge in [0, 0.05) is 25.9 Å². The lowest BCUT2D eigenvalue weighted by molar-refractivity contribution is 0.183. The first-order chi connectivity index (χ1) is 8.36. The van der Waals surface area contributed by atoms with E-state index in [4.69, 9.17) is 4.74 Å². The third-order valence-corrected chi connectivity index (χ3v) is 2.46. The van der Waals surface area contributed by atoms with Crippen LogP contribution >= 0.6 is 0 Å². The molecule has 0 atom stereocenters. The van der Waals surface area contributed by atoms with Gasteiger partial charge in [-0.05, 0) is 6.42 Å². The third kappa shape index (κ3) is 6.12. The molecule has 96 valence electrons. The van der Waals surface area contributed by atoms with Crippen molar-refractivity contribution in [1.82, 2.24) is 9.78 Å². The van der Waals surface area contributed by atoms with Crippen molar-refractivity contribution < 1.29 is 4.74 Å². The highest BCUT2D eigenvalue weighted by molar-refractivity contribution is 5.32. The summed E-state index contributed by atoms with van der Waals surface area (Å²) in [7, 11) is 1.70. The highest BCUT2D eigenvalue weighted by Crippen LogP contribution is 2.02. The fourth-order valence-electron chi connectivity index (χ4n) is 1.45. The highest BCUT2D eigenvalue weighted by atomic mass is 16.5. The molecular weight excluding hydrogens is 214 g/mol. The van der Waals surface area contributed by atoms with Crippen LogP contribution in [0.1, 0.15) is 26.2 Å². The predicted molar refractivity (Wildman–Crippen MR) is 71.3 cm³/mol. The number of ether oxygens (including phenoxy) is 1. The molecule has 0 bridgehead atoms. The van der Waals surface area contributed by atoms with E-state index >= 15 is 0 Å². The lowest BCUT2D eigenvalue weighted by atomic mass is 10.2. The van der Waals surface area contributed by atoms with Gasteiger partial charge in [-0.15, -0.1) is 0 Å². The number of anilines is 1. The SMILES string of the molecule is CCCCC=CCNc1ccn(CCOC)n1. The molecule has 0 fully saturated rings. The normalized spacial score (nSPS) is 11.2. The maximum atomic E-state index is 5.00. The molecule has 0 aliphatic rings. The molecule has 0 aliphatic carbocycles. The second-order valence-electron chi connectivity index (χ2n) is 3.95. The summed E-state index contributed by atoms with van der Waals surface area (Å²) < 4.78 is 6.88. The lowest BCUT2D eigenvalue weighted by Crippen LogP contribution is -2.06. The Bertz CT molecular complexity index is 320. The van der Waals surface area contributed by atoms with Gasteiger partial charge < -0.3 is 10.1 Å². The van der Waals surface area contributed by atoms with Gasteiger partial charge in [0.05, 0.1) is 13.2 Å². The van der Waals surface area contributed by atoms with Crippen LogP contribution in [0.4, 0.5) is 5.82 Å². The van der Waals surface area contributed by atoms with Gasteiger partial charge in [-0.2, -0.15) is 5.10 Å². The summed E-state index contributed by atoms with van der Waals surface area (Å²) >= 11 is 0. The Morgan fingerprint density at radius 3 is 3.12 bits per heavy atom. The summed E-state index contributed by atoms with van der Waals surface area (Å²) in [5.41, 5.74) is 0. The summed E-state index contributed by atoms with van der Waals surface area (Å²) in [6, 6.07) is 1.98. The first kappa shape index (κ1) is 13.8. The topological polar surface area (TPSA) is 39.1 Å². The molecule has 4 nitrogen and oxygen atoms in total. The third-order valence-electron chi connectivity index (χ3n) is 2.46. The number of nitrogens with one attached hydrogen (secondary N) is 1. The molecule has 1 heterocycles. The van der Waals surface area contributed by atoms with Crippen molar-refractivity contribution in [2.45, 2.75) is 32.7 Å². The standard InChI is InChI=1S/C13H23N3O/c1-3-4-5-6-7-9-14-13-8-10-16(15-13)11-12-17-2/h6-8,10H,3-5,9,11-12H2,1-2H3,(H,14,15). The second-order valence-corrected chi connectivity index (χ2v) is 3.95. The Morgan fingerprint density at radius 1 is 1.47 bits per heavy atom. The average Bonchev–Trinajstić information content (AvgIpc) is 2.79. The number of rotatable bonds is 9. The van der Waals surface area contributed by atoms with Crippen molar-refractivity contribution >= 4 is 5.82 Å². The zero-order chi connectivity index (χ0) is 12.3. The fraction of sp³-hybridized carbons (Fsp3) is 0.615. The van der Waals surface area contributed by atoms with Crippen molar-refractivity contribution in [3.8, 4) is 0 Å². The van der Waals surface area contributed by atoms with Crippen LogP contribution in [0.3, 0.4) is 0 Å². The van der Waals surface area contributed by atoms with Gasteiger partial charge in [-0.3, -0.25) is 4.68 Å². The molecule has 0 spiro atoms. The maximum Gasteiger partial charge on any atom is 0.148 e. The lowest BCUT2D eigenvalue weighted by Gasteiger charge is -2.00. The fourth-order valence-corrected chi connectivity index (χ4v) is 1.45. The van der Waals surface area contributed by atoms with Gasteiger partial charge in [0.25, 0.3) is 0 Å². The minimum Gasteiger partial charge on any atom is -0.383 e. The maximum absolute atomic E-state index is 5.00. The van der Waals surface area contributed by atoms with Crippen LogP contribution in [0, 0.1) is 0 Å². The van der Waals surface area contributed by atoms with Crippen LogP contribution < -0.4 is 5.32 Å². The van der Waals surface area contributed by atoms with Crippen LogP contribution in [0.2, 0.25) is 0 Å². The summed E-state index contributed by atoms with van der Waals surface area (Å²) in [6.07, 6.45) is 10.0. The zero-order valence-corrected chi connectivity index (χ0v) is 10.9. The summed E-state index contributed by atoms with van der Waals surface area (Å²) in [5.74, 6) is 0.918. The van der Waals surface area contributed by atoms with Gasteiger partial charge in [0.2, 0.25) is 0 Å². The Hall–Kier alpha value is -1.29. The number of hydrogen-bond acceptors (Lipinski definition) is 3. The molecule has 0 saturated heterocycles. The van der Waals surface area contributed by atoms with Crippen LogP contribution in [-0.4, -0.2) is 30.0 Å². The summed E-state index contributed by atoms with van der Waals surface area (Å²) in [4.78, 5) is 0. The van der Waals surface area contributed by atoms with Crippen molar-refractivity contribution in [1.29, 1.82) is 0 Å². The molecule has 0 aliphatic heterocycles. The first-order valence-electron chi connectivity index (χ1n) is 6.28. The number of nitrogens with zero attached hydrogens (tertiary/aromatic N) is 2. The quantitative estimate of drug-likeness (QED) is 0.530. The van der Waals surface area contributed by atoms with E-state index in [1.54, 1.807) is 7.11 Å². The molecule has 1 aromatic heterocycles. The largest absolute Gasteiger partial charge is 0.383 e. The number of unbranched alkanes of at least 4 members (excludes halogenated alkanes) is 2. The highest BCUT2D eigenvalue weighted by Gasteiger charge is 1.96. The predicted octanol–water partition coefficient (Wildman–Crippen LogP) is 2.69. The van der Waals surface area contributed by atoms with Crippen molar-refractivity contribution in [2.75, 3.05) is 25.6 Å². The van der Waals surface area contributed by atoms with E-state index in [2.05, 4.69) is 29.5 Å². The van der Waals surface area contributed by atoms with Gasteiger partial charge in [-0.1, -0.05) is 31.9 Å². The molecule has 0 aromatic carbocycles. The molecule has 0 saturated carbocycles. The van der Waals surface area contributed by atoms with Crippen LogP contribution in [-0.2, 0) is 11.3 Å². The second kappa shape index (κ2) is 8.82. The molecule has 0 unspecified atom stereocenters. The summed E-state index contributed by atoms with van der Waals surface area (Å²) in [6.45, 7) is 4.53. The molecule has 1 N–H and O–H groups in total. The number of methoxy groups -OCH3 is 1. The summed E-state index contributed by atoms with van der Waals surface area (Å²) in [5, 5.41) is 7.63. The van der Waals surface area contributed by atoms with Crippen molar-refractivity contribution in [3.63, 3.8) is 0 Å². The Morgan fingerprint density at radius 2 is 2.35 bits per heavy atom. The number of aromatic nitrogens is 2. The smallest absolute Gasteiger partial charge is 0.148 e. The van der Waals surface area contributed by atoms with Crippen LogP contribution in [0.15, 0.2) is 24.4 Å². The van der Waals surface area contributed by atoms with Crippen LogP contribution in [0.25, 0.3) is 0 Å². The Kier molecular flexibility index (Phi) is 7.14. The number of allylic oxidation sites excluding steroid dienone is 1. The van der Waals surface area contributed by atoms with E-state index in [0.29, 0.717) is 6.61 Å². The van der Waals surface area contributed by atoms with Gasteiger partial charge in [0.1, 0.15) is 5.82 Å². The monoisotopic (exact) mass is 237 g/mol. The van der Waals surface area contributed by atoms with Gasteiger partial charge in [-0.25, -0.2) is 0 Å². The van der Waals surface area contributed by atoms with Gasteiger partial charge >= 0.3 is 0 Å². The molecule has 4 heteroatoms. The van der Waals surface area contributed by atoms with Crippen molar-refractivity contribution in [3.05, 3.63) is 24.4 Å². The minimum atomic E-state index is 0.693. The minimum absolute atomic E-state index is 0.693. The Labute approximate surface area is 104 Å². The van der Waals surface area contributed by atoms with Crippen LogP contribution in [0.5, 0.6) is 0 Å². The zero-order valence-electron chi connectivity index (χ0n) is 10.9. The molecular formula is C13H23N3O. The van der Waals surface area contributed by atoms with E-state index < -0.39 is 0 Å². The van der Waals surface area contributed by atoms with E-state index in [1.807, 2.05) is 16.9 Å². The average molecular weight is 237 g/mol. The molecule has 0 amide bonds. The van der Waals surface area contributed by atoms with E-state index in [1.165, 1.54) is 19.3 Å². The van der Waals surface area contributed by atoms with E-state index in [-0.39, 0.29) is 0 Å². The van der Waals surface area contributed by atoms with E-state index in [0.717, 1.165) is 18.9 Å². The van der Waals surface area contributed by atoms with Gasteiger partial charge in [0.15, 0.2) is 0 Å². The molecule has 1 rings (SSSR count). The molecule has 17 heavy (non-hydrogen) atoms. The Balaban J connectivity index is 2.18. The first-order valence-corrected chi connectivity index (χ1v) is 6.28. The number of hydrogen-bond donors (Lipinski definition) is 1. The molecule has 1 aromatic rings. The van der Waals surface area contributed by atoms with E-state index in [9.17, 15) is 0 Å². The molecule has 0 radical (unpaired) electrons.